The molecule has 1 amide bonds. The van der Waals surface area contributed by atoms with Crippen LogP contribution in [0.15, 0.2) is 12.2 Å². The summed E-state index contributed by atoms with van der Waals surface area (Å²) in [5.74, 6) is 0.696. The smallest absolute Gasteiger partial charge is 0.407 e. The van der Waals surface area contributed by atoms with Crippen molar-refractivity contribution < 1.29 is 9.53 Å². The summed E-state index contributed by atoms with van der Waals surface area (Å²) in [6, 6.07) is 0.283. The molecule has 1 N–H and O–H groups in total. The molecule has 0 aromatic heterocycles. The van der Waals surface area contributed by atoms with Crippen molar-refractivity contribution in [1.82, 2.24) is 5.32 Å². The molecular weight excluding hydrogens is 226 g/mol. The molecule has 1 saturated carbocycles. The normalized spacial score (nSPS) is 25.1. The van der Waals surface area contributed by atoms with Crippen molar-refractivity contribution in [3.8, 4) is 0 Å². The summed E-state index contributed by atoms with van der Waals surface area (Å²) in [7, 11) is 0. The molecule has 0 atom stereocenters. The van der Waals surface area contributed by atoms with E-state index in [-0.39, 0.29) is 12.1 Å². The van der Waals surface area contributed by atoms with Crippen molar-refractivity contribution in [1.29, 1.82) is 0 Å². The molecule has 0 aliphatic heterocycles. The number of ether oxygens (including phenoxy) is 1. The Labute approximate surface area is 111 Å². The third-order valence-corrected chi connectivity index (χ3v) is 3.14. The van der Waals surface area contributed by atoms with Crippen molar-refractivity contribution in [2.24, 2.45) is 5.92 Å². The molecule has 18 heavy (non-hydrogen) atoms. The molecule has 3 nitrogen and oxygen atoms in total. The predicted molar refractivity (Wildman–Crippen MR) is 74.5 cm³/mol. The molecule has 0 aromatic carbocycles. The standard InChI is InChI=1S/C15H27NO2/c1-5-6-7-12-8-10-13(11-9-12)16-14(17)18-15(2,3)4/h6-7,12-13H,5,8-11H2,1-4H3,(H,16,17)/t12-,13+. The number of carbonyl (C=O) groups is 1. The van der Waals surface area contributed by atoms with Crippen molar-refractivity contribution in [3.63, 3.8) is 0 Å². The van der Waals surface area contributed by atoms with Crippen LogP contribution >= 0.6 is 0 Å². The number of amides is 1. The Morgan fingerprint density at radius 3 is 2.39 bits per heavy atom. The lowest BCUT2D eigenvalue weighted by molar-refractivity contribution is 0.0490. The Hall–Kier alpha value is -0.990. The minimum Gasteiger partial charge on any atom is -0.444 e. The molecule has 0 radical (unpaired) electrons. The average Bonchev–Trinajstić information content (AvgIpc) is 2.25. The van der Waals surface area contributed by atoms with Gasteiger partial charge in [-0.15, -0.1) is 0 Å². The van der Waals surface area contributed by atoms with E-state index in [4.69, 9.17) is 4.74 Å². The van der Waals surface area contributed by atoms with Gasteiger partial charge in [0.25, 0.3) is 0 Å². The highest BCUT2D eigenvalue weighted by Gasteiger charge is 2.23. The zero-order valence-electron chi connectivity index (χ0n) is 12.2. The van der Waals surface area contributed by atoms with Crippen LogP contribution in [0, 0.1) is 5.92 Å². The summed E-state index contributed by atoms with van der Waals surface area (Å²) in [4.78, 5) is 11.6. The molecular formula is C15H27NO2. The first kappa shape index (κ1) is 15.1. The number of allylic oxidation sites excluding steroid dienone is 2. The van der Waals surface area contributed by atoms with Crippen molar-refractivity contribution in [2.75, 3.05) is 0 Å². The maximum atomic E-state index is 11.6. The summed E-state index contributed by atoms with van der Waals surface area (Å²) in [5.41, 5.74) is -0.412. The van der Waals surface area contributed by atoms with Gasteiger partial charge in [-0.3, -0.25) is 0 Å². The summed E-state index contributed by atoms with van der Waals surface area (Å²) in [6.45, 7) is 7.82. The minimum absolute atomic E-state index is 0.282. The minimum atomic E-state index is -0.412. The summed E-state index contributed by atoms with van der Waals surface area (Å²) < 4.78 is 5.27. The van der Waals surface area contributed by atoms with Crippen LogP contribution in [0.2, 0.25) is 0 Å². The third kappa shape index (κ3) is 6.08. The van der Waals surface area contributed by atoms with E-state index in [9.17, 15) is 4.79 Å². The number of hydrogen-bond donors (Lipinski definition) is 1. The van der Waals surface area contributed by atoms with Gasteiger partial charge in [0, 0.05) is 6.04 Å². The number of nitrogens with one attached hydrogen (secondary N) is 1. The first-order valence-corrected chi connectivity index (χ1v) is 7.07. The lowest BCUT2D eigenvalue weighted by Gasteiger charge is -2.28. The van der Waals surface area contributed by atoms with Crippen LogP contribution in [0.5, 0.6) is 0 Å². The molecule has 104 valence electrons. The van der Waals surface area contributed by atoms with E-state index in [1.54, 1.807) is 0 Å². The average molecular weight is 253 g/mol. The number of alkyl carbamates (subject to hydrolysis) is 1. The number of rotatable bonds is 3. The van der Waals surface area contributed by atoms with Gasteiger partial charge in [0.2, 0.25) is 0 Å². The predicted octanol–water partition coefficient (Wildman–Crippen LogP) is 4.04. The quantitative estimate of drug-likeness (QED) is 0.771. The maximum Gasteiger partial charge on any atom is 0.407 e. The fourth-order valence-electron chi connectivity index (χ4n) is 2.26. The van der Waals surface area contributed by atoms with E-state index >= 15 is 0 Å². The molecule has 0 bridgehead atoms. The SMILES string of the molecule is CCC=C[C@H]1CC[C@@H](NC(=O)OC(C)(C)C)CC1. The molecule has 1 rings (SSSR count). The van der Waals surface area contributed by atoms with Crippen LogP contribution in [0.25, 0.3) is 0 Å². The molecule has 0 aromatic rings. The third-order valence-electron chi connectivity index (χ3n) is 3.14. The highest BCUT2D eigenvalue weighted by molar-refractivity contribution is 5.68. The van der Waals surface area contributed by atoms with Crippen LogP contribution in [0.1, 0.15) is 59.8 Å². The van der Waals surface area contributed by atoms with Crippen LogP contribution in [-0.2, 0) is 4.74 Å². The highest BCUT2D eigenvalue weighted by Crippen LogP contribution is 2.25. The monoisotopic (exact) mass is 253 g/mol. The number of carbonyl (C=O) groups excluding carboxylic acids is 1. The van der Waals surface area contributed by atoms with Gasteiger partial charge in [0.15, 0.2) is 0 Å². The Morgan fingerprint density at radius 2 is 1.89 bits per heavy atom. The Kier molecular flexibility index (Phi) is 5.70. The topological polar surface area (TPSA) is 38.3 Å². The van der Waals surface area contributed by atoms with Gasteiger partial charge in [0.1, 0.15) is 5.60 Å². The largest absolute Gasteiger partial charge is 0.444 e. The van der Waals surface area contributed by atoms with Crippen LogP contribution < -0.4 is 5.32 Å². The van der Waals surface area contributed by atoms with Crippen molar-refractivity contribution >= 4 is 6.09 Å². The van der Waals surface area contributed by atoms with E-state index in [0.717, 1.165) is 32.1 Å². The van der Waals surface area contributed by atoms with E-state index < -0.39 is 5.60 Å². The van der Waals surface area contributed by atoms with Crippen molar-refractivity contribution in [2.45, 2.75) is 71.4 Å². The van der Waals surface area contributed by atoms with Crippen LogP contribution in [0.4, 0.5) is 4.79 Å². The fourth-order valence-corrected chi connectivity index (χ4v) is 2.26. The van der Waals surface area contributed by atoms with Crippen LogP contribution in [-0.4, -0.2) is 17.7 Å². The number of hydrogen-bond acceptors (Lipinski definition) is 2. The van der Waals surface area contributed by atoms with E-state index in [0.29, 0.717) is 5.92 Å². The first-order chi connectivity index (χ1) is 8.40. The lowest BCUT2D eigenvalue weighted by atomic mass is 9.86. The Morgan fingerprint density at radius 1 is 1.28 bits per heavy atom. The summed E-state index contributed by atoms with van der Waals surface area (Å²) >= 11 is 0. The zero-order valence-corrected chi connectivity index (χ0v) is 12.2. The van der Waals surface area contributed by atoms with Crippen molar-refractivity contribution in [3.05, 3.63) is 12.2 Å². The maximum absolute atomic E-state index is 11.6. The lowest BCUT2D eigenvalue weighted by Crippen LogP contribution is -2.40. The second kappa shape index (κ2) is 6.81. The molecule has 1 fully saturated rings. The van der Waals surface area contributed by atoms with E-state index in [1.165, 1.54) is 0 Å². The summed E-state index contributed by atoms with van der Waals surface area (Å²) in [6.07, 6.45) is 9.82. The van der Waals surface area contributed by atoms with Gasteiger partial charge in [0.05, 0.1) is 0 Å². The molecule has 3 heteroatoms. The first-order valence-electron chi connectivity index (χ1n) is 7.07. The zero-order chi connectivity index (χ0) is 13.6. The molecule has 0 saturated heterocycles. The molecule has 0 spiro atoms. The van der Waals surface area contributed by atoms with E-state index in [2.05, 4.69) is 24.4 Å². The summed E-state index contributed by atoms with van der Waals surface area (Å²) in [5, 5.41) is 2.97. The van der Waals surface area contributed by atoms with Crippen LogP contribution in [0.3, 0.4) is 0 Å². The molecule has 1 aliphatic carbocycles. The molecule has 0 unspecified atom stereocenters. The Bertz CT molecular complexity index is 283. The molecule has 0 heterocycles. The fraction of sp³-hybridized carbons (Fsp3) is 0.800. The van der Waals surface area contributed by atoms with Gasteiger partial charge in [-0.25, -0.2) is 4.79 Å². The van der Waals surface area contributed by atoms with E-state index in [1.807, 2.05) is 20.8 Å². The van der Waals surface area contributed by atoms with Gasteiger partial charge < -0.3 is 10.1 Å². The highest BCUT2D eigenvalue weighted by atomic mass is 16.6. The Balaban J connectivity index is 2.27. The second-order valence-electron chi connectivity index (χ2n) is 6.09. The molecule has 1 aliphatic rings. The second-order valence-corrected chi connectivity index (χ2v) is 6.09. The van der Waals surface area contributed by atoms with Gasteiger partial charge >= 0.3 is 6.09 Å². The van der Waals surface area contributed by atoms with Gasteiger partial charge in [-0.1, -0.05) is 19.1 Å². The van der Waals surface area contributed by atoms with Gasteiger partial charge in [-0.2, -0.15) is 0 Å². The van der Waals surface area contributed by atoms with Gasteiger partial charge in [-0.05, 0) is 58.8 Å².